The van der Waals surface area contributed by atoms with Crippen LogP contribution in [0.4, 0.5) is 0 Å². The maximum Gasteiger partial charge on any atom is 0.254 e. The number of halogens is 1. The topological polar surface area (TPSA) is 44.9 Å². The minimum Gasteiger partial charge on any atom is -0.352 e. The SMILES string of the molecule is C[C@@H](Cc1cccc(Cl)c1)NC(=O)c1ccc[nH]c1=S. The Labute approximate surface area is 128 Å². The monoisotopic (exact) mass is 306 g/mol. The molecule has 0 radical (unpaired) electrons. The molecule has 0 unspecified atom stereocenters. The van der Waals surface area contributed by atoms with Crippen LogP contribution in [0, 0.1) is 4.64 Å². The van der Waals surface area contributed by atoms with Crippen molar-refractivity contribution in [1.29, 1.82) is 0 Å². The second-order valence-corrected chi connectivity index (χ2v) is 5.47. The quantitative estimate of drug-likeness (QED) is 0.845. The Morgan fingerprint density at radius 1 is 1.40 bits per heavy atom. The first-order valence-electron chi connectivity index (χ1n) is 6.29. The van der Waals surface area contributed by atoms with Gasteiger partial charge in [-0.3, -0.25) is 4.79 Å². The lowest BCUT2D eigenvalue weighted by Crippen LogP contribution is -2.34. The average molecular weight is 307 g/mol. The predicted octanol–water partition coefficient (Wildman–Crippen LogP) is 3.76. The Bertz CT molecular complexity index is 669. The number of amides is 1. The van der Waals surface area contributed by atoms with Crippen LogP contribution in [0.3, 0.4) is 0 Å². The molecular weight excluding hydrogens is 292 g/mol. The third-order valence-corrected chi connectivity index (χ3v) is 3.44. The fourth-order valence-electron chi connectivity index (χ4n) is 1.97. The van der Waals surface area contributed by atoms with E-state index in [2.05, 4.69) is 10.3 Å². The van der Waals surface area contributed by atoms with Crippen LogP contribution < -0.4 is 5.32 Å². The lowest BCUT2D eigenvalue weighted by atomic mass is 10.1. The molecule has 0 aliphatic carbocycles. The number of benzene rings is 1. The summed E-state index contributed by atoms with van der Waals surface area (Å²) in [7, 11) is 0. The Hall–Kier alpha value is -1.65. The molecule has 1 aromatic carbocycles. The summed E-state index contributed by atoms with van der Waals surface area (Å²) in [5, 5.41) is 3.64. The Morgan fingerprint density at radius 3 is 2.90 bits per heavy atom. The number of carbonyl (C=O) groups is 1. The molecule has 1 atom stereocenters. The third-order valence-electron chi connectivity index (χ3n) is 2.87. The fraction of sp³-hybridized carbons (Fsp3) is 0.200. The van der Waals surface area contributed by atoms with E-state index in [0.717, 1.165) is 12.0 Å². The zero-order valence-electron chi connectivity index (χ0n) is 11.0. The van der Waals surface area contributed by atoms with Crippen molar-refractivity contribution in [3.63, 3.8) is 0 Å². The van der Waals surface area contributed by atoms with Crippen molar-refractivity contribution in [2.45, 2.75) is 19.4 Å². The van der Waals surface area contributed by atoms with Gasteiger partial charge in [-0.05, 0) is 43.2 Å². The van der Waals surface area contributed by atoms with Crippen molar-refractivity contribution in [3.05, 3.63) is 63.4 Å². The first-order valence-corrected chi connectivity index (χ1v) is 7.08. The summed E-state index contributed by atoms with van der Waals surface area (Å²) in [6.07, 6.45) is 2.42. The molecule has 1 heterocycles. The third kappa shape index (κ3) is 3.92. The number of hydrogen-bond acceptors (Lipinski definition) is 2. The predicted molar refractivity (Wildman–Crippen MR) is 83.7 cm³/mol. The van der Waals surface area contributed by atoms with Crippen molar-refractivity contribution in [2.24, 2.45) is 0 Å². The molecule has 2 aromatic rings. The molecule has 2 rings (SSSR count). The van der Waals surface area contributed by atoms with Crippen LogP contribution in [0.5, 0.6) is 0 Å². The van der Waals surface area contributed by atoms with E-state index in [9.17, 15) is 4.79 Å². The lowest BCUT2D eigenvalue weighted by molar-refractivity contribution is 0.0939. The van der Waals surface area contributed by atoms with Gasteiger partial charge in [0.2, 0.25) is 0 Å². The smallest absolute Gasteiger partial charge is 0.254 e. The van der Waals surface area contributed by atoms with Gasteiger partial charge in [-0.2, -0.15) is 0 Å². The molecule has 20 heavy (non-hydrogen) atoms. The number of aromatic amines is 1. The molecule has 0 fully saturated rings. The van der Waals surface area contributed by atoms with Crippen molar-refractivity contribution in [3.8, 4) is 0 Å². The molecule has 0 aliphatic heterocycles. The number of rotatable bonds is 4. The summed E-state index contributed by atoms with van der Waals surface area (Å²) < 4.78 is 0.444. The van der Waals surface area contributed by atoms with Gasteiger partial charge in [0.15, 0.2) is 0 Å². The zero-order chi connectivity index (χ0) is 14.5. The summed E-state index contributed by atoms with van der Waals surface area (Å²) in [6, 6.07) is 11.1. The number of aromatic nitrogens is 1. The van der Waals surface area contributed by atoms with E-state index in [1.54, 1.807) is 18.3 Å². The second-order valence-electron chi connectivity index (χ2n) is 4.62. The van der Waals surface area contributed by atoms with Crippen LogP contribution in [0.15, 0.2) is 42.6 Å². The normalized spacial score (nSPS) is 11.9. The number of pyridine rings is 1. The molecule has 0 saturated heterocycles. The van der Waals surface area contributed by atoms with Gasteiger partial charge in [-0.25, -0.2) is 0 Å². The van der Waals surface area contributed by atoms with Crippen molar-refractivity contribution < 1.29 is 4.79 Å². The molecular formula is C15H15ClN2OS. The molecule has 1 amide bonds. The van der Waals surface area contributed by atoms with Gasteiger partial charge >= 0.3 is 0 Å². The van der Waals surface area contributed by atoms with Crippen molar-refractivity contribution >= 4 is 29.7 Å². The molecule has 3 nitrogen and oxygen atoms in total. The van der Waals surface area contributed by atoms with Gasteiger partial charge in [0, 0.05) is 17.3 Å². The van der Waals surface area contributed by atoms with Gasteiger partial charge < -0.3 is 10.3 Å². The first-order chi connectivity index (χ1) is 9.56. The number of carbonyl (C=O) groups excluding carboxylic acids is 1. The van der Waals surface area contributed by atoms with Gasteiger partial charge in [-0.15, -0.1) is 0 Å². The van der Waals surface area contributed by atoms with E-state index in [0.29, 0.717) is 15.2 Å². The van der Waals surface area contributed by atoms with Gasteiger partial charge in [-0.1, -0.05) is 36.0 Å². The fourth-order valence-corrected chi connectivity index (χ4v) is 2.41. The van der Waals surface area contributed by atoms with Crippen LogP contribution in [0.1, 0.15) is 22.8 Å². The van der Waals surface area contributed by atoms with Crippen molar-refractivity contribution in [2.75, 3.05) is 0 Å². The maximum atomic E-state index is 12.1. The molecule has 0 aliphatic rings. The van der Waals surface area contributed by atoms with E-state index >= 15 is 0 Å². The summed E-state index contributed by atoms with van der Waals surface area (Å²) in [4.78, 5) is 15.0. The zero-order valence-corrected chi connectivity index (χ0v) is 12.6. The first kappa shape index (κ1) is 14.8. The Kier molecular flexibility index (Phi) is 4.93. The summed E-state index contributed by atoms with van der Waals surface area (Å²) in [6.45, 7) is 1.95. The van der Waals surface area contributed by atoms with E-state index < -0.39 is 0 Å². The molecule has 0 saturated carbocycles. The number of nitrogens with one attached hydrogen (secondary N) is 2. The van der Waals surface area contributed by atoms with Gasteiger partial charge in [0.25, 0.3) is 5.91 Å². The van der Waals surface area contributed by atoms with Crippen LogP contribution in [-0.4, -0.2) is 16.9 Å². The molecule has 0 spiro atoms. The van der Waals surface area contributed by atoms with Gasteiger partial charge in [0.1, 0.15) is 4.64 Å². The summed E-state index contributed by atoms with van der Waals surface area (Å²) in [5.74, 6) is -0.165. The van der Waals surface area contributed by atoms with Crippen LogP contribution in [-0.2, 0) is 6.42 Å². The highest BCUT2D eigenvalue weighted by molar-refractivity contribution is 7.71. The second kappa shape index (κ2) is 6.68. The van der Waals surface area contributed by atoms with E-state index in [1.807, 2.05) is 31.2 Å². The minimum absolute atomic E-state index is 0.00410. The van der Waals surface area contributed by atoms with E-state index in [4.69, 9.17) is 23.8 Å². The highest BCUT2D eigenvalue weighted by Crippen LogP contribution is 2.12. The van der Waals surface area contributed by atoms with Crippen LogP contribution in [0.25, 0.3) is 0 Å². The number of H-pyrrole nitrogens is 1. The molecule has 104 valence electrons. The van der Waals surface area contributed by atoms with Crippen LogP contribution in [0.2, 0.25) is 5.02 Å². The maximum absolute atomic E-state index is 12.1. The standard InChI is InChI=1S/C15H15ClN2OS/c1-10(8-11-4-2-5-12(16)9-11)18-14(19)13-6-3-7-17-15(13)20/h2-7,9-10H,8H2,1H3,(H,17,20)(H,18,19)/t10-/m0/s1. The average Bonchev–Trinajstić information content (AvgIpc) is 2.38. The summed E-state index contributed by atoms with van der Waals surface area (Å²) in [5.41, 5.74) is 1.57. The van der Waals surface area contributed by atoms with Crippen molar-refractivity contribution in [1.82, 2.24) is 10.3 Å². The van der Waals surface area contributed by atoms with Gasteiger partial charge in [0.05, 0.1) is 5.56 Å². The van der Waals surface area contributed by atoms with Crippen LogP contribution >= 0.6 is 23.8 Å². The summed E-state index contributed by atoms with van der Waals surface area (Å²) >= 11 is 11.0. The molecule has 5 heteroatoms. The molecule has 2 N–H and O–H groups in total. The van der Waals surface area contributed by atoms with E-state index in [1.165, 1.54) is 0 Å². The molecule has 0 bridgehead atoms. The Morgan fingerprint density at radius 2 is 2.20 bits per heavy atom. The Balaban J connectivity index is 2.01. The lowest BCUT2D eigenvalue weighted by Gasteiger charge is -2.14. The highest BCUT2D eigenvalue weighted by Gasteiger charge is 2.11. The highest BCUT2D eigenvalue weighted by atomic mass is 35.5. The number of hydrogen-bond donors (Lipinski definition) is 2. The molecule has 1 aromatic heterocycles. The largest absolute Gasteiger partial charge is 0.352 e. The van der Waals surface area contributed by atoms with E-state index in [-0.39, 0.29) is 11.9 Å². The minimum atomic E-state index is -0.165.